The minimum atomic E-state index is -0.0662. The van der Waals surface area contributed by atoms with Gasteiger partial charge in [-0.1, -0.05) is 18.2 Å². The molecule has 0 aliphatic carbocycles. The van der Waals surface area contributed by atoms with Crippen molar-refractivity contribution in [1.29, 1.82) is 0 Å². The smallest absolute Gasteiger partial charge is 0.121 e. The molecule has 2 rings (SSSR count). The molecule has 17 heavy (non-hydrogen) atoms. The van der Waals surface area contributed by atoms with Crippen molar-refractivity contribution in [2.24, 2.45) is 5.73 Å². The number of nitrogens with two attached hydrogens (primary N) is 1. The first-order valence-corrected chi connectivity index (χ1v) is 5.95. The van der Waals surface area contributed by atoms with Crippen LogP contribution < -0.4 is 5.73 Å². The molecule has 0 aliphatic heterocycles. The van der Waals surface area contributed by atoms with Gasteiger partial charge in [0.25, 0.3) is 0 Å². The largest absolute Gasteiger partial charge is 0.465 e. The molecule has 1 aromatic carbocycles. The lowest BCUT2D eigenvalue weighted by molar-refractivity contribution is 0.444. The van der Waals surface area contributed by atoms with E-state index in [9.17, 15) is 0 Å². The summed E-state index contributed by atoms with van der Waals surface area (Å²) in [6.45, 7) is 6.19. The van der Waals surface area contributed by atoms with E-state index in [0.717, 1.165) is 17.9 Å². The van der Waals surface area contributed by atoms with Crippen molar-refractivity contribution in [3.63, 3.8) is 0 Å². The minimum absolute atomic E-state index is 0.0662. The van der Waals surface area contributed by atoms with Gasteiger partial charge in [0.1, 0.15) is 11.5 Å². The Morgan fingerprint density at radius 1 is 1.06 bits per heavy atom. The Kier molecular flexibility index (Phi) is 3.34. The molecule has 1 heterocycles. The van der Waals surface area contributed by atoms with E-state index in [-0.39, 0.29) is 6.04 Å². The van der Waals surface area contributed by atoms with Crippen molar-refractivity contribution >= 4 is 0 Å². The number of hydrogen-bond donors (Lipinski definition) is 1. The van der Waals surface area contributed by atoms with E-state index >= 15 is 0 Å². The Morgan fingerprint density at radius 2 is 1.71 bits per heavy atom. The molecule has 0 amide bonds. The molecule has 0 spiro atoms. The van der Waals surface area contributed by atoms with Gasteiger partial charge >= 0.3 is 0 Å². The number of rotatable bonds is 3. The average molecular weight is 229 g/mol. The summed E-state index contributed by atoms with van der Waals surface area (Å²) in [6.07, 6.45) is 0.825. The summed E-state index contributed by atoms with van der Waals surface area (Å²) in [5.41, 5.74) is 10.1. The van der Waals surface area contributed by atoms with Gasteiger partial charge in [-0.05, 0) is 56.0 Å². The average Bonchev–Trinajstić information content (AvgIpc) is 2.70. The van der Waals surface area contributed by atoms with Gasteiger partial charge in [-0.25, -0.2) is 0 Å². The number of hydrogen-bond acceptors (Lipinski definition) is 2. The van der Waals surface area contributed by atoms with Crippen LogP contribution in [0.3, 0.4) is 0 Å². The highest BCUT2D eigenvalue weighted by Crippen LogP contribution is 2.22. The van der Waals surface area contributed by atoms with E-state index in [1.54, 1.807) is 0 Å². The quantitative estimate of drug-likeness (QED) is 0.875. The third-order valence-corrected chi connectivity index (χ3v) is 3.20. The Balaban J connectivity index is 2.21. The molecule has 1 atom stereocenters. The summed E-state index contributed by atoms with van der Waals surface area (Å²) in [5, 5.41) is 0. The molecule has 2 heteroatoms. The van der Waals surface area contributed by atoms with E-state index < -0.39 is 0 Å². The molecule has 0 bridgehead atoms. The van der Waals surface area contributed by atoms with Crippen molar-refractivity contribution < 1.29 is 4.42 Å². The molecule has 1 unspecified atom stereocenters. The van der Waals surface area contributed by atoms with Gasteiger partial charge in [-0.2, -0.15) is 0 Å². The second kappa shape index (κ2) is 4.76. The summed E-state index contributed by atoms with van der Waals surface area (Å²) in [7, 11) is 0. The second-order valence-electron chi connectivity index (χ2n) is 4.63. The van der Waals surface area contributed by atoms with Crippen LogP contribution >= 0.6 is 0 Å². The van der Waals surface area contributed by atoms with Crippen LogP contribution in [0.2, 0.25) is 0 Å². The van der Waals surface area contributed by atoms with Crippen LogP contribution in [0.4, 0.5) is 0 Å². The summed E-state index contributed by atoms with van der Waals surface area (Å²) in [6, 6.07) is 10.2. The molecular weight excluding hydrogens is 210 g/mol. The zero-order valence-corrected chi connectivity index (χ0v) is 10.7. The molecule has 0 saturated heterocycles. The van der Waals surface area contributed by atoms with Crippen molar-refractivity contribution in [2.75, 3.05) is 0 Å². The highest BCUT2D eigenvalue weighted by molar-refractivity contribution is 5.34. The third kappa shape index (κ3) is 2.59. The summed E-state index contributed by atoms with van der Waals surface area (Å²) in [4.78, 5) is 0. The van der Waals surface area contributed by atoms with Crippen LogP contribution in [-0.4, -0.2) is 0 Å². The normalized spacial score (nSPS) is 12.7. The van der Waals surface area contributed by atoms with Gasteiger partial charge in [0.2, 0.25) is 0 Å². The summed E-state index contributed by atoms with van der Waals surface area (Å²) in [5.74, 6) is 1.78. The molecule has 1 aromatic heterocycles. The Hall–Kier alpha value is -1.54. The molecular formula is C15H19NO. The van der Waals surface area contributed by atoms with E-state index in [0.29, 0.717) is 0 Å². The van der Waals surface area contributed by atoms with Crippen LogP contribution in [0.15, 0.2) is 34.7 Å². The zero-order valence-electron chi connectivity index (χ0n) is 10.7. The lowest BCUT2D eigenvalue weighted by atomic mass is 9.96. The zero-order chi connectivity index (χ0) is 12.4. The van der Waals surface area contributed by atoms with E-state index in [4.69, 9.17) is 10.2 Å². The Bertz CT molecular complexity index is 493. The molecule has 2 N–H and O–H groups in total. The van der Waals surface area contributed by atoms with Crippen LogP contribution in [0.25, 0.3) is 0 Å². The molecule has 0 aliphatic rings. The van der Waals surface area contributed by atoms with Crippen LogP contribution in [-0.2, 0) is 6.42 Å². The standard InChI is InChI=1S/C15H19NO/c1-10-5-4-6-11(2)13(10)9-14(16)15-8-7-12(3)17-15/h4-8,14H,9,16H2,1-3H3. The molecule has 2 nitrogen and oxygen atoms in total. The maximum atomic E-state index is 6.18. The topological polar surface area (TPSA) is 39.2 Å². The van der Waals surface area contributed by atoms with Crippen molar-refractivity contribution in [3.8, 4) is 0 Å². The fraction of sp³-hybridized carbons (Fsp3) is 0.333. The maximum Gasteiger partial charge on any atom is 0.121 e. The number of aryl methyl sites for hydroxylation is 3. The fourth-order valence-corrected chi connectivity index (χ4v) is 2.14. The van der Waals surface area contributed by atoms with Crippen LogP contribution in [0.5, 0.6) is 0 Å². The van der Waals surface area contributed by atoms with Crippen molar-refractivity contribution in [1.82, 2.24) is 0 Å². The van der Waals surface area contributed by atoms with E-state index in [1.807, 2.05) is 19.1 Å². The van der Waals surface area contributed by atoms with E-state index in [1.165, 1.54) is 16.7 Å². The lowest BCUT2D eigenvalue weighted by Crippen LogP contribution is -2.14. The van der Waals surface area contributed by atoms with Crippen molar-refractivity contribution in [2.45, 2.75) is 33.2 Å². The number of benzene rings is 1. The first-order valence-electron chi connectivity index (χ1n) is 5.95. The van der Waals surface area contributed by atoms with Crippen LogP contribution in [0, 0.1) is 20.8 Å². The molecule has 2 aromatic rings. The van der Waals surface area contributed by atoms with Gasteiger partial charge < -0.3 is 10.2 Å². The Labute approximate surface area is 102 Å². The predicted octanol–water partition coefficient (Wildman–Crippen LogP) is 3.45. The third-order valence-electron chi connectivity index (χ3n) is 3.20. The van der Waals surface area contributed by atoms with Gasteiger partial charge in [0.15, 0.2) is 0 Å². The molecule has 0 saturated carbocycles. The second-order valence-corrected chi connectivity index (χ2v) is 4.63. The van der Waals surface area contributed by atoms with E-state index in [2.05, 4.69) is 32.0 Å². The first-order chi connectivity index (χ1) is 8.08. The van der Waals surface area contributed by atoms with Crippen molar-refractivity contribution in [3.05, 3.63) is 58.5 Å². The highest BCUT2D eigenvalue weighted by Gasteiger charge is 2.13. The minimum Gasteiger partial charge on any atom is -0.465 e. The lowest BCUT2D eigenvalue weighted by Gasteiger charge is -2.13. The monoisotopic (exact) mass is 229 g/mol. The molecule has 90 valence electrons. The van der Waals surface area contributed by atoms with Crippen LogP contribution in [0.1, 0.15) is 34.3 Å². The SMILES string of the molecule is Cc1ccc(C(N)Cc2c(C)cccc2C)o1. The molecule has 0 fully saturated rings. The van der Waals surface area contributed by atoms with Gasteiger partial charge in [-0.15, -0.1) is 0 Å². The number of furan rings is 1. The molecule has 0 radical (unpaired) electrons. The van der Waals surface area contributed by atoms with Gasteiger partial charge in [0, 0.05) is 0 Å². The fourth-order valence-electron chi connectivity index (χ4n) is 2.14. The summed E-state index contributed by atoms with van der Waals surface area (Å²) >= 11 is 0. The highest BCUT2D eigenvalue weighted by atomic mass is 16.3. The van der Waals surface area contributed by atoms with Gasteiger partial charge in [-0.3, -0.25) is 0 Å². The Morgan fingerprint density at radius 3 is 2.24 bits per heavy atom. The predicted molar refractivity (Wildman–Crippen MR) is 70.0 cm³/mol. The van der Waals surface area contributed by atoms with Gasteiger partial charge in [0.05, 0.1) is 6.04 Å². The first kappa shape index (κ1) is 11.9. The maximum absolute atomic E-state index is 6.18. The summed E-state index contributed by atoms with van der Waals surface area (Å²) < 4.78 is 5.57.